The molecule has 1 amide bonds. The molecule has 2 aromatic rings. The SMILES string of the molecule is Cc1cc(C)n(CC(=O)N(C)Cc2ccc(Br)o2)n1. The lowest BCUT2D eigenvalue weighted by molar-refractivity contribution is -0.131. The van der Waals surface area contributed by atoms with Crippen molar-refractivity contribution in [2.45, 2.75) is 26.9 Å². The number of carbonyl (C=O) groups is 1. The first-order valence-electron chi connectivity index (χ1n) is 5.95. The van der Waals surface area contributed by atoms with Crippen LogP contribution in [0.1, 0.15) is 17.1 Å². The fraction of sp³-hybridized carbons (Fsp3) is 0.385. The van der Waals surface area contributed by atoms with Crippen molar-refractivity contribution in [1.82, 2.24) is 14.7 Å². The van der Waals surface area contributed by atoms with Crippen LogP contribution in [0.25, 0.3) is 0 Å². The molecule has 0 saturated carbocycles. The van der Waals surface area contributed by atoms with E-state index in [1.54, 1.807) is 16.6 Å². The maximum absolute atomic E-state index is 12.1. The lowest BCUT2D eigenvalue weighted by atomic mass is 10.4. The van der Waals surface area contributed by atoms with Gasteiger partial charge in [0.25, 0.3) is 0 Å². The van der Waals surface area contributed by atoms with Gasteiger partial charge in [0.15, 0.2) is 4.67 Å². The number of aryl methyl sites for hydroxylation is 2. The molecule has 0 aromatic carbocycles. The number of hydrogen-bond acceptors (Lipinski definition) is 3. The van der Waals surface area contributed by atoms with Gasteiger partial charge in [-0.3, -0.25) is 9.48 Å². The third kappa shape index (κ3) is 3.47. The largest absolute Gasteiger partial charge is 0.452 e. The number of furan rings is 1. The first-order chi connectivity index (χ1) is 8.95. The molecule has 0 atom stereocenters. The predicted octanol–water partition coefficient (Wildman–Crippen LogP) is 2.51. The van der Waals surface area contributed by atoms with E-state index >= 15 is 0 Å². The zero-order valence-electron chi connectivity index (χ0n) is 11.2. The van der Waals surface area contributed by atoms with E-state index in [2.05, 4.69) is 21.0 Å². The van der Waals surface area contributed by atoms with Crippen LogP contribution in [0.3, 0.4) is 0 Å². The van der Waals surface area contributed by atoms with Crippen molar-refractivity contribution < 1.29 is 9.21 Å². The highest BCUT2D eigenvalue weighted by atomic mass is 79.9. The second-order valence-corrected chi connectivity index (χ2v) is 5.32. The van der Waals surface area contributed by atoms with E-state index in [4.69, 9.17) is 4.42 Å². The Morgan fingerprint density at radius 1 is 1.47 bits per heavy atom. The van der Waals surface area contributed by atoms with Crippen molar-refractivity contribution in [2.24, 2.45) is 0 Å². The van der Waals surface area contributed by atoms with Crippen LogP contribution in [0.15, 0.2) is 27.3 Å². The Kier molecular flexibility index (Phi) is 4.09. The first kappa shape index (κ1) is 13.9. The quantitative estimate of drug-likeness (QED) is 0.867. The van der Waals surface area contributed by atoms with E-state index in [0.717, 1.165) is 17.1 Å². The van der Waals surface area contributed by atoms with E-state index in [0.29, 0.717) is 11.2 Å². The van der Waals surface area contributed by atoms with Crippen molar-refractivity contribution in [3.8, 4) is 0 Å². The molecule has 0 aliphatic heterocycles. The Bertz CT molecular complexity index is 588. The number of hydrogen-bond donors (Lipinski definition) is 0. The summed E-state index contributed by atoms with van der Waals surface area (Å²) in [6.07, 6.45) is 0. The van der Waals surface area contributed by atoms with Gasteiger partial charge in [-0.15, -0.1) is 0 Å². The molecule has 102 valence electrons. The van der Waals surface area contributed by atoms with E-state index in [-0.39, 0.29) is 12.5 Å². The Morgan fingerprint density at radius 2 is 2.21 bits per heavy atom. The first-order valence-corrected chi connectivity index (χ1v) is 6.74. The van der Waals surface area contributed by atoms with Crippen LogP contribution in [0.4, 0.5) is 0 Å². The minimum Gasteiger partial charge on any atom is -0.452 e. The van der Waals surface area contributed by atoms with E-state index < -0.39 is 0 Å². The van der Waals surface area contributed by atoms with Crippen LogP contribution in [-0.4, -0.2) is 27.6 Å². The molecule has 19 heavy (non-hydrogen) atoms. The van der Waals surface area contributed by atoms with Gasteiger partial charge in [-0.2, -0.15) is 5.10 Å². The van der Waals surface area contributed by atoms with Crippen molar-refractivity contribution >= 4 is 21.8 Å². The smallest absolute Gasteiger partial charge is 0.244 e. The zero-order chi connectivity index (χ0) is 14.0. The summed E-state index contributed by atoms with van der Waals surface area (Å²) in [5.74, 6) is 0.745. The average Bonchev–Trinajstić information content (AvgIpc) is 2.85. The Balaban J connectivity index is 1.97. The molecule has 5 nitrogen and oxygen atoms in total. The summed E-state index contributed by atoms with van der Waals surface area (Å²) in [6, 6.07) is 5.61. The third-order valence-corrected chi connectivity index (χ3v) is 3.26. The highest BCUT2D eigenvalue weighted by Crippen LogP contribution is 2.15. The summed E-state index contributed by atoms with van der Waals surface area (Å²) in [6.45, 7) is 4.55. The van der Waals surface area contributed by atoms with Gasteiger partial charge >= 0.3 is 0 Å². The van der Waals surface area contributed by atoms with Crippen molar-refractivity contribution in [2.75, 3.05) is 7.05 Å². The summed E-state index contributed by atoms with van der Waals surface area (Å²) in [5, 5.41) is 4.28. The number of halogens is 1. The summed E-state index contributed by atoms with van der Waals surface area (Å²) < 4.78 is 7.77. The summed E-state index contributed by atoms with van der Waals surface area (Å²) in [7, 11) is 1.75. The van der Waals surface area contributed by atoms with E-state index in [1.807, 2.05) is 32.0 Å². The third-order valence-electron chi connectivity index (χ3n) is 2.84. The van der Waals surface area contributed by atoms with Crippen molar-refractivity contribution in [1.29, 1.82) is 0 Å². The topological polar surface area (TPSA) is 51.3 Å². The maximum Gasteiger partial charge on any atom is 0.244 e. The molecule has 0 saturated heterocycles. The zero-order valence-corrected chi connectivity index (χ0v) is 12.8. The van der Waals surface area contributed by atoms with Gasteiger partial charge < -0.3 is 9.32 Å². The normalized spacial score (nSPS) is 10.7. The maximum atomic E-state index is 12.1. The van der Waals surface area contributed by atoms with Gasteiger partial charge in [-0.05, 0) is 48.0 Å². The molecule has 0 aliphatic rings. The number of aromatic nitrogens is 2. The molecule has 0 spiro atoms. The number of nitrogens with zero attached hydrogens (tertiary/aromatic N) is 3. The molecule has 0 bridgehead atoms. The summed E-state index contributed by atoms with van der Waals surface area (Å²) in [4.78, 5) is 13.7. The molecule has 2 heterocycles. The number of likely N-dealkylation sites (N-methyl/N-ethyl adjacent to an activating group) is 1. The molecule has 0 N–H and O–H groups in total. The number of rotatable bonds is 4. The van der Waals surface area contributed by atoms with E-state index in [9.17, 15) is 4.79 Å². The molecule has 2 aromatic heterocycles. The Morgan fingerprint density at radius 3 is 2.74 bits per heavy atom. The highest BCUT2D eigenvalue weighted by molar-refractivity contribution is 9.10. The second-order valence-electron chi connectivity index (χ2n) is 4.54. The average molecular weight is 326 g/mol. The Labute approximate surface area is 120 Å². The van der Waals surface area contributed by atoms with Crippen LogP contribution < -0.4 is 0 Å². The predicted molar refractivity (Wildman–Crippen MR) is 74.6 cm³/mol. The number of carbonyl (C=O) groups excluding carboxylic acids is 1. The monoisotopic (exact) mass is 325 g/mol. The van der Waals surface area contributed by atoms with Crippen LogP contribution in [-0.2, 0) is 17.9 Å². The van der Waals surface area contributed by atoms with Crippen LogP contribution in [0, 0.1) is 13.8 Å². The summed E-state index contributed by atoms with van der Waals surface area (Å²) in [5.41, 5.74) is 1.91. The minimum absolute atomic E-state index is 0.00118. The van der Waals surface area contributed by atoms with Gasteiger partial charge in [0.1, 0.15) is 12.3 Å². The molecule has 0 radical (unpaired) electrons. The fourth-order valence-electron chi connectivity index (χ4n) is 1.84. The molecule has 2 rings (SSSR count). The highest BCUT2D eigenvalue weighted by Gasteiger charge is 2.13. The standard InChI is InChI=1S/C13H16BrN3O2/c1-9-6-10(2)17(15-9)8-13(18)16(3)7-11-4-5-12(14)19-11/h4-6H,7-8H2,1-3H3. The van der Waals surface area contributed by atoms with E-state index in [1.165, 1.54) is 0 Å². The molecule has 0 unspecified atom stereocenters. The molecular weight excluding hydrogens is 310 g/mol. The van der Waals surface area contributed by atoms with Gasteiger partial charge in [-0.25, -0.2) is 0 Å². The van der Waals surface area contributed by atoms with Gasteiger partial charge in [-0.1, -0.05) is 0 Å². The number of amides is 1. The van der Waals surface area contributed by atoms with Crippen molar-refractivity contribution in [3.05, 3.63) is 40.0 Å². The molecule has 0 fully saturated rings. The lowest BCUT2D eigenvalue weighted by Gasteiger charge is -2.16. The lowest BCUT2D eigenvalue weighted by Crippen LogP contribution is -2.30. The van der Waals surface area contributed by atoms with Gasteiger partial charge in [0.05, 0.1) is 12.2 Å². The van der Waals surface area contributed by atoms with Crippen LogP contribution in [0.2, 0.25) is 0 Å². The van der Waals surface area contributed by atoms with Crippen molar-refractivity contribution in [3.63, 3.8) is 0 Å². The fourth-order valence-corrected chi connectivity index (χ4v) is 2.18. The second kappa shape index (κ2) is 5.61. The molecule has 6 heteroatoms. The van der Waals surface area contributed by atoms with Crippen LogP contribution in [0.5, 0.6) is 0 Å². The Hall–Kier alpha value is -1.56. The summed E-state index contributed by atoms with van der Waals surface area (Å²) >= 11 is 3.24. The molecule has 0 aliphatic carbocycles. The van der Waals surface area contributed by atoms with Crippen LogP contribution >= 0.6 is 15.9 Å². The van der Waals surface area contributed by atoms with Gasteiger partial charge in [0, 0.05) is 12.7 Å². The van der Waals surface area contributed by atoms with Gasteiger partial charge in [0.2, 0.25) is 5.91 Å². The minimum atomic E-state index is -0.00118. The molecular formula is C13H16BrN3O2.